The van der Waals surface area contributed by atoms with Crippen molar-refractivity contribution in [1.29, 1.82) is 0 Å². The van der Waals surface area contributed by atoms with Gasteiger partial charge in [-0.1, -0.05) is 44.2 Å². The molecule has 21 heavy (non-hydrogen) atoms. The lowest BCUT2D eigenvalue weighted by atomic mass is 9.68. The summed E-state index contributed by atoms with van der Waals surface area (Å²) in [7, 11) is -2.77. The van der Waals surface area contributed by atoms with Crippen LogP contribution in [0.5, 0.6) is 0 Å². The molecule has 4 heteroatoms. The Labute approximate surface area is 127 Å². The molecule has 2 aliphatic rings. The first-order valence-electron chi connectivity index (χ1n) is 7.34. The first-order valence-corrected chi connectivity index (χ1v) is 8.52. The van der Waals surface area contributed by atoms with Gasteiger partial charge in [0.15, 0.2) is 10.7 Å². The number of carbonyl (C=O) groups excluding carboxylic acids is 1. The van der Waals surface area contributed by atoms with Crippen LogP contribution in [0.4, 0.5) is 0 Å². The van der Waals surface area contributed by atoms with Crippen LogP contribution in [0.1, 0.15) is 38.7 Å². The number of benzene rings is 1. The predicted octanol–water partition coefficient (Wildman–Crippen LogP) is 3.03. The van der Waals surface area contributed by atoms with E-state index in [1.165, 1.54) is 0 Å². The molecule has 3 rings (SSSR count). The summed E-state index contributed by atoms with van der Waals surface area (Å²) >= 11 is 0. The summed E-state index contributed by atoms with van der Waals surface area (Å²) in [6, 6.07) is 9.38. The van der Waals surface area contributed by atoms with E-state index in [2.05, 4.69) is 0 Å². The summed E-state index contributed by atoms with van der Waals surface area (Å²) in [4.78, 5) is 12.9. The van der Waals surface area contributed by atoms with Gasteiger partial charge >= 0.3 is 0 Å². The lowest BCUT2D eigenvalue weighted by Gasteiger charge is -2.36. The highest BCUT2D eigenvalue weighted by Crippen LogP contribution is 2.67. The molecule has 0 spiro atoms. The molecule has 0 radical (unpaired) electrons. The van der Waals surface area contributed by atoms with Gasteiger partial charge in [-0.25, -0.2) is 8.42 Å². The van der Waals surface area contributed by atoms with E-state index in [1.54, 1.807) is 6.08 Å². The summed E-state index contributed by atoms with van der Waals surface area (Å²) in [6.45, 7) is 4.10. The van der Waals surface area contributed by atoms with Gasteiger partial charge in [0.05, 0.1) is 10.3 Å². The Hall–Kier alpha value is -1.42. The van der Waals surface area contributed by atoms with Gasteiger partial charge in [0.1, 0.15) is 5.78 Å². The number of Topliss-reactive ketones (excluding diaryl/α,β-unsaturated/α-hetero) is 1. The summed E-state index contributed by atoms with van der Waals surface area (Å²) in [5.41, 5.74) is -0.261. The third kappa shape index (κ3) is 1.92. The van der Waals surface area contributed by atoms with Crippen molar-refractivity contribution in [1.82, 2.24) is 0 Å². The molecule has 0 aliphatic heterocycles. The second-order valence-corrected chi connectivity index (χ2v) is 7.68. The number of allylic oxidation sites excluding steroid dienone is 1. The Morgan fingerprint density at radius 1 is 1.24 bits per heavy atom. The Morgan fingerprint density at radius 3 is 2.38 bits per heavy atom. The van der Waals surface area contributed by atoms with Crippen molar-refractivity contribution in [2.45, 2.75) is 33.1 Å². The van der Waals surface area contributed by atoms with Crippen LogP contribution in [-0.2, 0) is 15.5 Å². The van der Waals surface area contributed by atoms with Crippen molar-refractivity contribution in [3.05, 3.63) is 40.8 Å². The van der Waals surface area contributed by atoms with E-state index >= 15 is 0 Å². The van der Waals surface area contributed by atoms with Gasteiger partial charge < -0.3 is 0 Å². The highest BCUT2D eigenvalue weighted by atomic mass is 32.2. The van der Waals surface area contributed by atoms with Crippen LogP contribution in [-0.4, -0.2) is 14.2 Å². The highest BCUT2D eigenvalue weighted by Gasteiger charge is 2.66. The fraction of sp³-hybridized carbons (Fsp3) is 0.471. The van der Waals surface area contributed by atoms with Crippen molar-refractivity contribution < 1.29 is 13.2 Å². The van der Waals surface area contributed by atoms with Gasteiger partial charge in [-0.15, -0.1) is 0 Å². The SMILES string of the molecule is CC1(C)C2CCC1(C(=Cc1ccccc1)[SH](=O)=O)C(=O)C2. The molecular weight excluding hydrogens is 284 g/mol. The van der Waals surface area contributed by atoms with E-state index in [0.717, 1.165) is 12.0 Å². The van der Waals surface area contributed by atoms with Crippen LogP contribution in [0.25, 0.3) is 6.08 Å². The molecular formula is C17H20O3S. The Bertz CT molecular complexity index is 677. The van der Waals surface area contributed by atoms with E-state index in [-0.39, 0.29) is 11.2 Å². The molecule has 0 N–H and O–H groups in total. The fourth-order valence-electron chi connectivity index (χ4n) is 4.32. The van der Waals surface area contributed by atoms with Crippen LogP contribution in [0.2, 0.25) is 0 Å². The first kappa shape index (κ1) is 14.5. The van der Waals surface area contributed by atoms with Gasteiger partial charge in [0.25, 0.3) is 0 Å². The van der Waals surface area contributed by atoms with Crippen LogP contribution in [0.15, 0.2) is 35.2 Å². The van der Waals surface area contributed by atoms with Gasteiger partial charge in [-0.05, 0) is 35.8 Å². The van der Waals surface area contributed by atoms with E-state index in [1.807, 2.05) is 44.2 Å². The van der Waals surface area contributed by atoms with Gasteiger partial charge in [0, 0.05) is 6.42 Å². The minimum atomic E-state index is -2.77. The number of rotatable bonds is 3. The van der Waals surface area contributed by atoms with Crippen LogP contribution >= 0.6 is 0 Å². The third-order valence-corrected chi connectivity index (χ3v) is 6.54. The molecule has 2 fully saturated rings. The zero-order chi connectivity index (χ0) is 15.3. The number of hydrogen-bond acceptors (Lipinski definition) is 3. The average molecular weight is 304 g/mol. The average Bonchev–Trinajstić information content (AvgIpc) is 2.80. The Morgan fingerprint density at radius 2 is 1.90 bits per heavy atom. The van der Waals surface area contributed by atoms with Crippen molar-refractivity contribution in [3.8, 4) is 0 Å². The molecule has 2 aliphatic carbocycles. The lowest BCUT2D eigenvalue weighted by molar-refractivity contribution is -0.126. The molecule has 1 aromatic carbocycles. The standard InChI is InChI=1S/C17H20O3S/c1-16(2)13-8-9-17(16,14(18)11-13)15(21(19)20)10-12-6-4-3-5-7-12/h3-7,10,13,21H,8-9,11H2,1-2H3. The molecule has 3 nitrogen and oxygen atoms in total. The predicted molar refractivity (Wildman–Crippen MR) is 83.3 cm³/mol. The number of fused-ring (bicyclic) bond motifs is 2. The maximum Gasteiger partial charge on any atom is 0.165 e. The quantitative estimate of drug-likeness (QED) is 0.873. The minimum Gasteiger partial charge on any atom is -0.299 e. The maximum absolute atomic E-state index is 12.6. The van der Waals surface area contributed by atoms with E-state index in [0.29, 0.717) is 23.7 Å². The smallest absolute Gasteiger partial charge is 0.165 e. The summed E-state index contributed by atoms with van der Waals surface area (Å²) in [5, 5.41) is 0. The summed E-state index contributed by atoms with van der Waals surface area (Å²) in [5.74, 6) is 0.407. The lowest BCUT2D eigenvalue weighted by Crippen LogP contribution is -2.38. The monoisotopic (exact) mass is 304 g/mol. The topological polar surface area (TPSA) is 51.2 Å². The van der Waals surface area contributed by atoms with E-state index in [4.69, 9.17) is 0 Å². The molecule has 1 aromatic rings. The van der Waals surface area contributed by atoms with Crippen molar-refractivity contribution in [3.63, 3.8) is 0 Å². The second-order valence-electron chi connectivity index (χ2n) is 6.69. The highest BCUT2D eigenvalue weighted by molar-refractivity contribution is 7.77. The number of ketones is 1. The first-order chi connectivity index (χ1) is 9.89. The van der Waals surface area contributed by atoms with Crippen LogP contribution < -0.4 is 0 Å². The molecule has 2 bridgehead atoms. The molecule has 0 amide bonds. The Balaban J connectivity index is 2.19. The van der Waals surface area contributed by atoms with Crippen molar-refractivity contribution >= 4 is 22.6 Å². The number of thiol groups is 1. The van der Waals surface area contributed by atoms with Gasteiger partial charge in [-0.2, -0.15) is 0 Å². The molecule has 2 atom stereocenters. The molecule has 112 valence electrons. The molecule has 0 aromatic heterocycles. The zero-order valence-corrected chi connectivity index (χ0v) is 13.2. The van der Waals surface area contributed by atoms with Gasteiger partial charge in [0.2, 0.25) is 0 Å². The molecule has 2 unspecified atom stereocenters. The molecule has 0 heterocycles. The van der Waals surface area contributed by atoms with Gasteiger partial charge in [-0.3, -0.25) is 4.79 Å². The van der Waals surface area contributed by atoms with E-state index in [9.17, 15) is 13.2 Å². The Kier molecular flexibility index (Phi) is 3.32. The molecule has 2 saturated carbocycles. The fourth-order valence-corrected chi connectivity index (χ4v) is 5.41. The maximum atomic E-state index is 12.6. The largest absolute Gasteiger partial charge is 0.299 e. The minimum absolute atomic E-state index is 0.102. The third-order valence-electron chi connectivity index (χ3n) is 5.63. The molecule has 0 saturated heterocycles. The number of hydrogen-bond donors (Lipinski definition) is 1. The van der Waals surface area contributed by atoms with E-state index < -0.39 is 16.1 Å². The zero-order valence-electron chi connectivity index (χ0n) is 12.3. The van der Waals surface area contributed by atoms with Crippen molar-refractivity contribution in [2.75, 3.05) is 0 Å². The normalized spacial score (nSPS) is 31.1. The van der Waals surface area contributed by atoms with Crippen LogP contribution in [0.3, 0.4) is 0 Å². The second kappa shape index (κ2) is 4.80. The van der Waals surface area contributed by atoms with Crippen LogP contribution in [0, 0.1) is 16.7 Å². The van der Waals surface area contributed by atoms with Crippen molar-refractivity contribution in [2.24, 2.45) is 16.7 Å². The number of carbonyl (C=O) groups is 1. The summed E-state index contributed by atoms with van der Waals surface area (Å²) in [6.07, 6.45) is 3.81. The summed E-state index contributed by atoms with van der Waals surface area (Å²) < 4.78 is 23.8.